The van der Waals surface area contributed by atoms with Gasteiger partial charge < -0.3 is 11.1 Å². The Morgan fingerprint density at radius 2 is 2.33 bits per heavy atom. The van der Waals surface area contributed by atoms with E-state index in [4.69, 9.17) is 5.73 Å². The first kappa shape index (κ1) is 15.9. The van der Waals surface area contributed by atoms with Crippen LogP contribution in [0, 0.1) is 18.8 Å². The van der Waals surface area contributed by atoms with E-state index < -0.39 is 0 Å². The predicted molar refractivity (Wildman–Crippen MR) is 89.5 cm³/mol. The van der Waals surface area contributed by atoms with Crippen molar-refractivity contribution in [3.05, 3.63) is 34.9 Å². The number of rotatable bonds is 3. The third kappa shape index (κ3) is 4.80. The topological polar surface area (TPSA) is 55.1 Å². The zero-order valence-corrected chi connectivity index (χ0v) is 13.3. The normalized spacial score (nSPS) is 17.7. The van der Waals surface area contributed by atoms with Gasteiger partial charge in [-0.3, -0.25) is 4.79 Å². The van der Waals surface area contributed by atoms with Crippen LogP contribution in [0.15, 0.2) is 18.2 Å². The molecule has 1 unspecified atom stereocenters. The Morgan fingerprint density at radius 3 is 3.05 bits per heavy atom. The zero-order chi connectivity index (χ0) is 15.1. The molecule has 3 nitrogen and oxygen atoms in total. The van der Waals surface area contributed by atoms with Gasteiger partial charge in [0.05, 0.1) is 6.54 Å². The third-order valence-corrected chi connectivity index (χ3v) is 4.98. The monoisotopic (exact) mass is 302 g/mol. The molecule has 2 rings (SSSR count). The van der Waals surface area contributed by atoms with E-state index in [0.717, 1.165) is 17.7 Å². The van der Waals surface area contributed by atoms with Crippen LogP contribution in [0.2, 0.25) is 0 Å². The van der Waals surface area contributed by atoms with E-state index in [1.54, 1.807) is 0 Å². The van der Waals surface area contributed by atoms with Crippen molar-refractivity contribution in [3.63, 3.8) is 0 Å². The van der Waals surface area contributed by atoms with E-state index in [9.17, 15) is 4.79 Å². The predicted octanol–water partition coefficient (Wildman–Crippen LogP) is 2.32. The van der Waals surface area contributed by atoms with Gasteiger partial charge in [-0.2, -0.15) is 11.8 Å². The van der Waals surface area contributed by atoms with Crippen LogP contribution in [0.25, 0.3) is 0 Å². The third-order valence-electron chi connectivity index (χ3n) is 3.58. The van der Waals surface area contributed by atoms with Gasteiger partial charge in [-0.1, -0.05) is 24.3 Å². The molecule has 1 fully saturated rings. The SMILES string of the molecule is Cc1ccc(C#CCN)cc1C(=O)NCC1CCCCS1. The Balaban J connectivity index is 2.00. The van der Waals surface area contributed by atoms with E-state index in [1.165, 1.54) is 25.0 Å². The first-order valence-corrected chi connectivity index (χ1v) is 8.45. The molecule has 21 heavy (non-hydrogen) atoms. The number of carbonyl (C=O) groups is 1. The Kier molecular flexibility index (Phi) is 6.16. The van der Waals surface area contributed by atoms with Crippen LogP contribution < -0.4 is 11.1 Å². The molecule has 0 aliphatic carbocycles. The Labute approximate surface area is 131 Å². The summed E-state index contributed by atoms with van der Waals surface area (Å²) in [7, 11) is 0. The van der Waals surface area contributed by atoms with Crippen LogP contribution >= 0.6 is 11.8 Å². The number of hydrogen-bond donors (Lipinski definition) is 2. The highest BCUT2D eigenvalue weighted by Gasteiger charge is 2.16. The summed E-state index contributed by atoms with van der Waals surface area (Å²) < 4.78 is 0. The maximum absolute atomic E-state index is 12.3. The summed E-state index contributed by atoms with van der Waals surface area (Å²) in [6, 6.07) is 5.71. The van der Waals surface area contributed by atoms with Gasteiger partial charge in [-0.15, -0.1) is 0 Å². The van der Waals surface area contributed by atoms with Crippen LogP contribution in [0.1, 0.15) is 40.7 Å². The van der Waals surface area contributed by atoms with Gasteiger partial charge in [0.2, 0.25) is 0 Å². The van der Waals surface area contributed by atoms with Crippen LogP contribution in [0.3, 0.4) is 0 Å². The maximum Gasteiger partial charge on any atom is 0.251 e. The van der Waals surface area contributed by atoms with Crippen molar-refractivity contribution >= 4 is 17.7 Å². The molecule has 112 valence electrons. The number of nitrogens with one attached hydrogen (secondary N) is 1. The molecule has 0 spiro atoms. The minimum absolute atomic E-state index is 0.00456. The van der Waals surface area contributed by atoms with E-state index >= 15 is 0 Å². The molecule has 0 bridgehead atoms. The van der Waals surface area contributed by atoms with Gasteiger partial charge >= 0.3 is 0 Å². The molecule has 1 atom stereocenters. The van der Waals surface area contributed by atoms with E-state index in [1.807, 2.05) is 36.9 Å². The number of thioether (sulfide) groups is 1. The first-order valence-electron chi connectivity index (χ1n) is 7.40. The quantitative estimate of drug-likeness (QED) is 0.843. The summed E-state index contributed by atoms with van der Waals surface area (Å²) in [6.07, 6.45) is 3.78. The van der Waals surface area contributed by atoms with Gasteiger partial charge in [-0.25, -0.2) is 0 Å². The van der Waals surface area contributed by atoms with Gasteiger partial charge in [0, 0.05) is 22.9 Å². The van der Waals surface area contributed by atoms with Crippen molar-refractivity contribution in [2.75, 3.05) is 18.8 Å². The lowest BCUT2D eigenvalue weighted by molar-refractivity contribution is 0.0952. The van der Waals surface area contributed by atoms with Crippen molar-refractivity contribution in [3.8, 4) is 11.8 Å². The average Bonchev–Trinajstić information content (AvgIpc) is 2.53. The fraction of sp³-hybridized carbons (Fsp3) is 0.471. The summed E-state index contributed by atoms with van der Waals surface area (Å²) in [5.41, 5.74) is 7.90. The number of nitrogens with two attached hydrogens (primary N) is 1. The molecule has 1 amide bonds. The van der Waals surface area contributed by atoms with Crippen molar-refractivity contribution in [1.82, 2.24) is 5.32 Å². The summed E-state index contributed by atoms with van der Waals surface area (Å²) >= 11 is 1.97. The Hall–Kier alpha value is -1.44. The van der Waals surface area contributed by atoms with Crippen LogP contribution in [-0.2, 0) is 0 Å². The molecule has 1 aliphatic heterocycles. The molecule has 0 radical (unpaired) electrons. The number of aryl methyl sites for hydroxylation is 1. The van der Waals surface area contributed by atoms with Gasteiger partial charge in [0.1, 0.15) is 0 Å². The highest BCUT2D eigenvalue weighted by molar-refractivity contribution is 7.99. The molecule has 1 aromatic carbocycles. The van der Waals surface area contributed by atoms with E-state index in [-0.39, 0.29) is 5.91 Å². The fourth-order valence-electron chi connectivity index (χ4n) is 2.37. The lowest BCUT2D eigenvalue weighted by Crippen LogP contribution is -2.32. The highest BCUT2D eigenvalue weighted by atomic mass is 32.2. The van der Waals surface area contributed by atoms with Gasteiger partial charge in [0.25, 0.3) is 5.91 Å². The second-order valence-corrected chi connectivity index (χ2v) is 6.64. The van der Waals surface area contributed by atoms with E-state index in [2.05, 4.69) is 17.2 Å². The molecule has 1 aliphatic rings. The molecule has 0 saturated carbocycles. The maximum atomic E-state index is 12.3. The zero-order valence-electron chi connectivity index (χ0n) is 12.4. The molecule has 1 heterocycles. The number of carbonyl (C=O) groups excluding carboxylic acids is 1. The van der Waals surface area contributed by atoms with Crippen LogP contribution in [0.5, 0.6) is 0 Å². The Bertz CT molecular complexity index is 554. The van der Waals surface area contributed by atoms with E-state index in [0.29, 0.717) is 17.4 Å². The van der Waals surface area contributed by atoms with Crippen LogP contribution in [-0.4, -0.2) is 30.0 Å². The first-order chi connectivity index (χ1) is 10.2. The molecule has 1 saturated heterocycles. The van der Waals surface area contributed by atoms with Crippen molar-refractivity contribution in [2.24, 2.45) is 5.73 Å². The molecular formula is C17H22N2OS. The minimum Gasteiger partial charge on any atom is -0.351 e. The smallest absolute Gasteiger partial charge is 0.251 e. The van der Waals surface area contributed by atoms with Gasteiger partial charge in [-0.05, 0) is 43.2 Å². The number of amides is 1. The molecule has 4 heteroatoms. The van der Waals surface area contributed by atoms with Crippen molar-refractivity contribution < 1.29 is 4.79 Å². The molecule has 3 N–H and O–H groups in total. The lowest BCUT2D eigenvalue weighted by Gasteiger charge is -2.21. The summed E-state index contributed by atoms with van der Waals surface area (Å²) in [5.74, 6) is 7.00. The Morgan fingerprint density at radius 1 is 1.48 bits per heavy atom. The molecular weight excluding hydrogens is 280 g/mol. The summed E-state index contributed by atoms with van der Waals surface area (Å²) in [4.78, 5) is 12.3. The summed E-state index contributed by atoms with van der Waals surface area (Å²) in [6.45, 7) is 3.03. The lowest BCUT2D eigenvalue weighted by atomic mass is 10.0. The molecule has 0 aromatic heterocycles. The summed E-state index contributed by atoms with van der Waals surface area (Å²) in [5, 5.41) is 3.62. The second kappa shape index (κ2) is 8.11. The fourth-order valence-corrected chi connectivity index (χ4v) is 3.61. The van der Waals surface area contributed by atoms with Crippen LogP contribution in [0.4, 0.5) is 0 Å². The minimum atomic E-state index is -0.00456. The average molecular weight is 302 g/mol. The highest BCUT2D eigenvalue weighted by Crippen LogP contribution is 2.24. The standard InChI is InChI=1S/C17H22N2OS/c1-13-7-8-14(5-4-9-18)11-16(13)17(20)19-12-15-6-2-3-10-21-15/h7-8,11,15H,2-3,6,9-10,12,18H2,1H3,(H,19,20). The number of hydrogen-bond acceptors (Lipinski definition) is 3. The largest absolute Gasteiger partial charge is 0.351 e. The second-order valence-electron chi connectivity index (χ2n) is 5.23. The van der Waals surface area contributed by atoms with Crippen molar-refractivity contribution in [1.29, 1.82) is 0 Å². The van der Waals surface area contributed by atoms with Crippen molar-refractivity contribution in [2.45, 2.75) is 31.4 Å². The van der Waals surface area contributed by atoms with Gasteiger partial charge in [0.15, 0.2) is 0 Å². The molecule has 1 aromatic rings. The number of benzene rings is 1.